The fraction of sp³-hybridized carbons (Fsp3) is 0.217. The molecule has 150 valence electrons. The van der Waals surface area contributed by atoms with Crippen LogP contribution in [-0.2, 0) is 13.2 Å². The lowest BCUT2D eigenvalue weighted by atomic mass is 9.99. The smallest absolute Gasteiger partial charge is 0.240 e. The molecule has 0 saturated carbocycles. The van der Waals surface area contributed by atoms with E-state index in [1.54, 1.807) is 18.5 Å². The Bertz CT molecular complexity index is 1080. The lowest BCUT2D eigenvalue weighted by Crippen LogP contribution is -2.44. The second-order valence-electron chi connectivity index (χ2n) is 7.34. The molecule has 7 nitrogen and oxygen atoms in total. The van der Waals surface area contributed by atoms with Gasteiger partial charge in [-0.1, -0.05) is 47.6 Å². The van der Waals surface area contributed by atoms with Crippen molar-refractivity contribution in [2.45, 2.75) is 19.1 Å². The zero-order chi connectivity index (χ0) is 20.2. The number of hydrogen-bond acceptors (Lipinski definition) is 7. The van der Waals surface area contributed by atoms with Crippen molar-refractivity contribution in [3.63, 3.8) is 0 Å². The van der Waals surface area contributed by atoms with E-state index in [4.69, 9.17) is 9.26 Å². The lowest BCUT2D eigenvalue weighted by Gasteiger charge is -2.37. The van der Waals surface area contributed by atoms with Crippen LogP contribution < -0.4 is 4.74 Å². The van der Waals surface area contributed by atoms with Gasteiger partial charge in [0.05, 0.1) is 5.92 Å². The van der Waals surface area contributed by atoms with Crippen molar-refractivity contribution in [2.24, 2.45) is 0 Å². The highest BCUT2D eigenvalue weighted by atomic mass is 16.5. The second kappa shape index (κ2) is 8.42. The third-order valence-electron chi connectivity index (χ3n) is 5.09. The van der Waals surface area contributed by atoms with Crippen LogP contribution in [0.15, 0.2) is 77.6 Å². The van der Waals surface area contributed by atoms with Gasteiger partial charge in [-0.25, -0.2) is 9.97 Å². The van der Waals surface area contributed by atoms with Crippen LogP contribution in [0.2, 0.25) is 0 Å². The van der Waals surface area contributed by atoms with Crippen molar-refractivity contribution in [3.05, 3.63) is 90.1 Å². The Hall–Kier alpha value is -3.58. The first-order valence-corrected chi connectivity index (χ1v) is 9.92. The molecule has 0 bridgehead atoms. The molecule has 0 atom stereocenters. The summed E-state index contributed by atoms with van der Waals surface area (Å²) in [5.74, 6) is 2.71. The number of ether oxygens (including phenoxy) is 1. The van der Waals surface area contributed by atoms with Gasteiger partial charge in [0.2, 0.25) is 17.5 Å². The first-order valence-electron chi connectivity index (χ1n) is 9.92. The highest BCUT2D eigenvalue weighted by molar-refractivity contribution is 5.40. The van der Waals surface area contributed by atoms with Crippen LogP contribution >= 0.6 is 0 Å². The Morgan fingerprint density at radius 3 is 2.40 bits per heavy atom. The topological polar surface area (TPSA) is 77.2 Å². The SMILES string of the molecule is c1ccc(COc2ccc(CN3CC(c4nc(-c5ncccn5)no4)C3)cc2)cc1. The highest BCUT2D eigenvalue weighted by Gasteiger charge is 2.32. The van der Waals surface area contributed by atoms with Gasteiger partial charge < -0.3 is 9.26 Å². The fourth-order valence-corrected chi connectivity index (χ4v) is 3.45. The first-order chi connectivity index (χ1) is 14.8. The quantitative estimate of drug-likeness (QED) is 0.469. The summed E-state index contributed by atoms with van der Waals surface area (Å²) in [6.07, 6.45) is 3.34. The van der Waals surface area contributed by atoms with E-state index in [1.807, 2.05) is 30.3 Å². The monoisotopic (exact) mass is 399 g/mol. The van der Waals surface area contributed by atoms with E-state index in [0.29, 0.717) is 24.1 Å². The van der Waals surface area contributed by atoms with Crippen LogP contribution in [0.3, 0.4) is 0 Å². The first kappa shape index (κ1) is 18.4. The van der Waals surface area contributed by atoms with E-state index < -0.39 is 0 Å². The summed E-state index contributed by atoms with van der Waals surface area (Å²) < 4.78 is 11.3. The fourth-order valence-electron chi connectivity index (χ4n) is 3.45. The number of hydrogen-bond donors (Lipinski definition) is 0. The molecular formula is C23H21N5O2. The molecule has 0 spiro atoms. The molecule has 7 heteroatoms. The molecule has 0 aliphatic carbocycles. The largest absolute Gasteiger partial charge is 0.489 e. The van der Waals surface area contributed by atoms with E-state index in [0.717, 1.165) is 30.9 Å². The van der Waals surface area contributed by atoms with E-state index in [9.17, 15) is 0 Å². The molecule has 1 aliphatic heterocycles. The number of nitrogens with zero attached hydrogens (tertiary/aromatic N) is 5. The van der Waals surface area contributed by atoms with Crippen molar-refractivity contribution in [3.8, 4) is 17.4 Å². The van der Waals surface area contributed by atoms with Crippen molar-refractivity contribution in [2.75, 3.05) is 13.1 Å². The molecule has 1 saturated heterocycles. The predicted molar refractivity (Wildman–Crippen MR) is 111 cm³/mol. The Morgan fingerprint density at radius 1 is 0.867 bits per heavy atom. The molecule has 0 unspecified atom stereocenters. The molecule has 2 aromatic heterocycles. The van der Waals surface area contributed by atoms with Gasteiger partial charge in [-0.15, -0.1) is 0 Å². The number of aromatic nitrogens is 4. The van der Waals surface area contributed by atoms with Gasteiger partial charge in [0, 0.05) is 32.0 Å². The lowest BCUT2D eigenvalue weighted by molar-refractivity contribution is 0.117. The molecule has 2 aromatic carbocycles. The zero-order valence-electron chi connectivity index (χ0n) is 16.4. The highest BCUT2D eigenvalue weighted by Crippen LogP contribution is 2.28. The third kappa shape index (κ3) is 4.21. The maximum atomic E-state index is 5.85. The minimum Gasteiger partial charge on any atom is -0.489 e. The molecule has 1 fully saturated rings. The van der Waals surface area contributed by atoms with Crippen molar-refractivity contribution in [1.29, 1.82) is 0 Å². The summed E-state index contributed by atoms with van der Waals surface area (Å²) in [6.45, 7) is 3.25. The van der Waals surface area contributed by atoms with Gasteiger partial charge >= 0.3 is 0 Å². The molecule has 30 heavy (non-hydrogen) atoms. The van der Waals surface area contributed by atoms with Crippen LogP contribution in [0.1, 0.15) is 22.9 Å². The molecule has 0 amide bonds. The molecule has 3 heterocycles. The van der Waals surface area contributed by atoms with E-state index in [-0.39, 0.29) is 5.92 Å². The maximum absolute atomic E-state index is 5.85. The normalized spacial score (nSPS) is 14.4. The summed E-state index contributed by atoms with van der Waals surface area (Å²) in [6, 6.07) is 20.2. The van der Waals surface area contributed by atoms with Gasteiger partial charge in [0.1, 0.15) is 12.4 Å². The molecule has 5 rings (SSSR count). The van der Waals surface area contributed by atoms with Crippen molar-refractivity contribution >= 4 is 0 Å². The minimum absolute atomic E-state index is 0.253. The van der Waals surface area contributed by atoms with Gasteiger partial charge in [-0.05, 0) is 29.3 Å². The molecule has 4 aromatic rings. The van der Waals surface area contributed by atoms with Crippen molar-refractivity contribution in [1.82, 2.24) is 25.0 Å². The summed E-state index contributed by atoms with van der Waals surface area (Å²) in [7, 11) is 0. The summed E-state index contributed by atoms with van der Waals surface area (Å²) in [4.78, 5) is 15.1. The molecule has 0 N–H and O–H groups in total. The van der Waals surface area contributed by atoms with Crippen LogP contribution in [-0.4, -0.2) is 38.1 Å². The van der Waals surface area contributed by atoms with Crippen LogP contribution in [0.25, 0.3) is 11.6 Å². The van der Waals surface area contributed by atoms with Gasteiger partial charge in [-0.3, -0.25) is 4.90 Å². The Kier molecular flexibility index (Phi) is 5.18. The number of likely N-dealkylation sites (tertiary alicyclic amines) is 1. The minimum atomic E-state index is 0.253. The summed E-state index contributed by atoms with van der Waals surface area (Å²) in [5, 5.41) is 4.00. The van der Waals surface area contributed by atoms with Crippen LogP contribution in [0.4, 0.5) is 0 Å². The number of rotatable bonds is 7. The summed E-state index contributed by atoms with van der Waals surface area (Å²) >= 11 is 0. The van der Waals surface area contributed by atoms with E-state index in [2.05, 4.69) is 49.3 Å². The van der Waals surface area contributed by atoms with E-state index in [1.165, 1.54) is 5.56 Å². The third-order valence-corrected chi connectivity index (χ3v) is 5.09. The van der Waals surface area contributed by atoms with Gasteiger partial charge in [0.25, 0.3) is 0 Å². The van der Waals surface area contributed by atoms with Gasteiger partial charge in [-0.2, -0.15) is 4.98 Å². The Balaban J connectivity index is 1.11. The Labute approximate surface area is 174 Å². The standard InChI is InChI=1S/C23H21N5O2/c1-2-5-18(6-3-1)16-29-20-9-7-17(8-10-20)13-28-14-19(15-28)23-26-22(27-30-23)21-24-11-4-12-25-21/h1-12,19H,13-16H2. The van der Waals surface area contributed by atoms with Crippen molar-refractivity contribution < 1.29 is 9.26 Å². The average molecular weight is 399 g/mol. The van der Waals surface area contributed by atoms with Gasteiger partial charge in [0.15, 0.2) is 0 Å². The van der Waals surface area contributed by atoms with Crippen LogP contribution in [0.5, 0.6) is 5.75 Å². The number of benzene rings is 2. The second-order valence-corrected chi connectivity index (χ2v) is 7.34. The van der Waals surface area contributed by atoms with Crippen LogP contribution in [0, 0.1) is 0 Å². The van der Waals surface area contributed by atoms with E-state index >= 15 is 0 Å². The average Bonchev–Trinajstić information content (AvgIpc) is 3.26. The Morgan fingerprint density at radius 2 is 1.63 bits per heavy atom. The predicted octanol–water partition coefficient (Wildman–Crippen LogP) is 3.71. The zero-order valence-corrected chi connectivity index (χ0v) is 16.4. The molecular weight excluding hydrogens is 378 g/mol. The molecule has 0 radical (unpaired) electrons. The maximum Gasteiger partial charge on any atom is 0.240 e. The summed E-state index contributed by atoms with van der Waals surface area (Å²) in [5.41, 5.74) is 2.42. The molecule has 1 aliphatic rings.